The van der Waals surface area contributed by atoms with E-state index in [1.165, 1.54) is 34.8 Å². The average Bonchev–Trinajstić information content (AvgIpc) is 3.03. The maximum absolute atomic E-state index is 4.86. The number of hydrogen-bond acceptors (Lipinski definition) is 3. The van der Waals surface area contributed by atoms with Crippen LogP contribution in [0.25, 0.3) is 0 Å². The Morgan fingerprint density at radius 1 is 1.28 bits per heavy atom. The summed E-state index contributed by atoms with van der Waals surface area (Å²) in [5.41, 5.74) is 1.33. The van der Waals surface area contributed by atoms with Gasteiger partial charge in [0.25, 0.3) is 0 Å². The SMILES string of the molecule is CC(C)CCc1nc(C(C)C)c(CNC2CC2)s1. The molecule has 0 saturated heterocycles. The molecule has 1 aliphatic rings. The van der Waals surface area contributed by atoms with Crippen LogP contribution in [-0.4, -0.2) is 11.0 Å². The molecule has 0 bridgehead atoms. The number of aromatic nitrogens is 1. The lowest BCUT2D eigenvalue weighted by Gasteiger charge is -2.05. The summed E-state index contributed by atoms with van der Waals surface area (Å²) in [6, 6.07) is 0.784. The van der Waals surface area contributed by atoms with Crippen molar-refractivity contribution in [2.45, 2.75) is 71.9 Å². The summed E-state index contributed by atoms with van der Waals surface area (Å²) in [5, 5.41) is 4.95. The summed E-state index contributed by atoms with van der Waals surface area (Å²) in [6.07, 6.45) is 5.11. The lowest BCUT2D eigenvalue weighted by atomic mass is 10.1. The van der Waals surface area contributed by atoms with Crippen LogP contribution in [0.2, 0.25) is 0 Å². The zero-order valence-electron chi connectivity index (χ0n) is 12.1. The molecule has 0 spiro atoms. The van der Waals surface area contributed by atoms with Crippen molar-refractivity contribution in [2.75, 3.05) is 0 Å². The summed E-state index contributed by atoms with van der Waals surface area (Å²) in [7, 11) is 0. The van der Waals surface area contributed by atoms with E-state index < -0.39 is 0 Å². The Kier molecular flexibility index (Phi) is 4.79. The highest BCUT2D eigenvalue weighted by Gasteiger charge is 2.22. The second kappa shape index (κ2) is 6.16. The van der Waals surface area contributed by atoms with Crippen LogP contribution in [0.4, 0.5) is 0 Å². The van der Waals surface area contributed by atoms with Gasteiger partial charge >= 0.3 is 0 Å². The molecule has 1 saturated carbocycles. The lowest BCUT2D eigenvalue weighted by Crippen LogP contribution is -2.15. The molecule has 1 heterocycles. The van der Waals surface area contributed by atoms with Crippen LogP contribution in [0.5, 0.6) is 0 Å². The molecule has 1 aromatic rings. The van der Waals surface area contributed by atoms with E-state index in [2.05, 4.69) is 33.0 Å². The maximum Gasteiger partial charge on any atom is 0.0931 e. The van der Waals surface area contributed by atoms with E-state index in [9.17, 15) is 0 Å². The topological polar surface area (TPSA) is 24.9 Å². The van der Waals surface area contributed by atoms with Gasteiger partial charge in [0.15, 0.2) is 0 Å². The van der Waals surface area contributed by atoms with Crippen molar-refractivity contribution < 1.29 is 0 Å². The van der Waals surface area contributed by atoms with Crippen LogP contribution < -0.4 is 5.32 Å². The molecule has 102 valence electrons. The van der Waals surface area contributed by atoms with Crippen LogP contribution in [0.1, 0.15) is 68.5 Å². The summed E-state index contributed by atoms with van der Waals surface area (Å²) >= 11 is 1.93. The molecule has 1 N–H and O–H groups in total. The Hall–Kier alpha value is -0.410. The van der Waals surface area contributed by atoms with Crippen LogP contribution in [0.15, 0.2) is 0 Å². The second-order valence-electron chi connectivity index (χ2n) is 6.16. The number of nitrogens with zero attached hydrogens (tertiary/aromatic N) is 1. The third-order valence-corrected chi connectivity index (χ3v) is 4.51. The Bertz CT molecular complexity index is 378. The van der Waals surface area contributed by atoms with Gasteiger partial charge in [-0.15, -0.1) is 11.3 Å². The number of hydrogen-bond donors (Lipinski definition) is 1. The number of rotatable bonds is 7. The summed E-state index contributed by atoms with van der Waals surface area (Å²) in [5.74, 6) is 1.31. The van der Waals surface area contributed by atoms with E-state index in [-0.39, 0.29) is 0 Å². The Morgan fingerprint density at radius 3 is 2.56 bits per heavy atom. The van der Waals surface area contributed by atoms with Crippen molar-refractivity contribution in [2.24, 2.45) is 5.92 Å². The molecule has 1 aromatic heterocycles. The molecule has 2 nitrogen and oxygen atoms in total. The van der Waals surface area contributed by atoms with Crippen LogP contribution in [-0.2, 0) is 13.0 Å². The second-order valence-corrected chi connectivity index (χ2v) is 7.33. The fraction of sp³-hybridized carbons (Fsp3) is 0.800. The molecule has 1 aliphatic carbocycles. The first-order valence-electron chi connectivity index (χ1n) is 7.28. The van der Waals surface area contributed by atoms with Gasteiger partial charge in [0, 0.05) is 17.5 Å². The highest BCUT2D eigenvalue weighted by Crippen LogP contribution is 2.28. The molecular weight excluding hydrogens is 240 g/mol. The zero-order chi connectivity index (χ0) is 13.1. The first kappa shape index (κ1) is 14.0. The largest absolute Gasteiger partial charge is 0.309 e. The highest BCUT2D eigenvalue weighted by atomic mass is 32.1. The number of thiazole rings is 1. The first-order chi connectivity index (χ1) is 8.56. The Balaban J connectivity index is 1.99. The van der Waals surface area contributed by atoms with Crippen molar-refractivity contribution in [3.8, 4) is 0 Å². The molecule has 2 rings (SSSR count). The van der Waals surface area contributed by atoms with Crippen molar-refractivity contribution in [3.05, 3.63) is 15.6 Å². The van der Waals surface area contributed by atoms with E-state index in [1.54, 1.807) is 0 Å². The van der Waals surface area contributed by atoms with Gasteiger partial charge < -0.3 is 5.32 Å². The molecule has 0 aliphatic heterocycles. The third-order valence-electron chi connectivity index (χ3n) is 3.38. The fourth-order valence-electron chi connectivity index (χ4n) is 2.04. The maximum atomic E-state index is 4.86. The zero-order valence-corrected chi connectivity index (χ0v) is 12.9. The number of aryl methyl sites for hydroxylation is 1. The van der Waals surface area contributed by atoms with Gasteiger partial charge in [-0.2, -0.15) is 0 Å². The smallest absolute Gasteiger partial charge is 0.0931 e. The van der Waals surface area contributed by atoms with Gasteiger partial charge in [-0.3, -0.25) is 0 Å². The van der Waals surface area contributed by atoms with Gasteiger partial charge in [-0.1, -0.05) is 27.7 Å². The molecule has 0 radical (unpaired) electrons. The van der Waals surface area contributed by atoms with Crippen LogP contribution >= 0.6 is 11.3 Å². The van der Waals surface area contributed by atoms with Crippen molar-refractivity contribution >= 4 is 11.3 Å². The van der Waals surface area contributed by atoms with E-state index in [4.69, 9.17) is 4.98 Å². The minimum atomic E-state index is 0.546. The fourth-order valence-corrected chi connectivity index (χ4v) is 3.23. The molecule has 18 heavy (non-hydrogen) atoms. The van der Waals surface area contributed by atoms with Crippen LogP contribution in [0.3, 0.4) is 0 Å². The molecule has 0 aromatic carbocycles. The van der Waals surface area contributed by atoms with Gasteiger partial charge in [0.2, 0.25) is 0 Å². The minimum absolute atomic E-state index is 0.546. The monoisotopic (exact) mass is 266 g/mol. The Morgan fingerprint density at radius 2 is 2.00 bits per heavy atom. The van der Waals surface area contributed by atoms with Crippen molar-refractivity contribution in [3.63, 3.8) is 0 Å². The average molecular weight is 266 g/mol. The van der Waals surface area contributed by atoms with Gasteiger partial charge in [-0.25, -0.2) is 4.98 Å². The van der Waals surface area contributed by atoms with Gasteiger partial charge in [-0.05, 0) is 37.5 Å². The molecule has 1 fully saturated rings. The first-order valence-corrected chi connectivity index (χ1v) is 8.09. The lowest BCUT2D eigenvalue weighted by molar-refractivity contribution is 0.584. The number of nitrogens with one attached hydrogen (secondary N) is 1. The van der Waals surface area contributed by atoms with E-state index in [0.717, 1.165) is 24.9 Å². The summed E-state index contributed by atoms with van der Waals surface area (Å²) < 4.78 is 0. The predicted molar refractivity (Wildman–Crippen MR) is 79.2 cm³/mol. The summed E-state index contributed by atoms with van der Waals surface area (Å²) in [6.45, 7) is 10.1. The quantitative estimate of drug-likeness (QED) is 0.803. The molecule has 0 atom stereocenters. The standard InChI is InChI=1S/C15H26N2S/c1-10(2)5-8-14-17-15(11(3)4)13(18-14)9-16-12-6-7-12/h10-12,16H,5-9H2,1-4H3. The van der Waals surface area contributed by atoms with Crippen molar-refractivity contribution in [1.82, 2.24) is 10.3 Å². The Labute approximate surface area is 115 Å². The molecular formula is C15H26N2S. The van der Waals surface area contributed by atoms with E-state index in [1.807, 2.05) is 11.3 Å². The summed E-state index contributed by atoms with van der Waals surface area (Å²) in [4.78, 5) is 6.33. The third kappa shape index (κ3) is 4.06. The minimum Gasteiger partial charge on any atom is -0.309 e. The normalized spacial score (nSPS) is 15.9. The van der Waals surface area contributed by atoms with Gasteiger partial charge in [0.1, 0.15) is 0 Å². The molecule has 3 heteroatoms. The molecule has 0 unspecified atom stereocenters. The van der Waals surface area contributed by atoms with Crippen molar-refractivity contribution in [1.29, 1.82) is 0 Å². The van der Waals surface area contributed by atoms with Crippen LogP contribution in [0, 0.1) is 5.92 Å². The molecule has 0 amide bonds. The van der Waals surface area contributed by atoms with E-state index in [0.29, 0.717) is 5.92 Å². The highest BCUT2D eigenvalue weighted by molar-refractivity contribution is 7.11. The van der Waals surface area contributed by atoms with E-state index >= 15 is 0 Å². The predicted octanol–water partition coefficient (Wildman–Crippen LogP) is 4.11. The van der Waals surface area contributed by atoms with Gasteiger partial charge in [0.05, 0.1) is 10.7 Å².